The molecule has 1 N–H and O–H groups in total. The van der Waals surface area contributed by atoms with Crippen LogP contribution in [0.1, 0.15) is 5.01 Å². The van der Waals surface area contributed by atoms with Crippen molar-refractivity contribution in [2.45, 2.75) is 12.6 Å². The van der Waals surface area contributed by atoms with Gasteiger partial charge >= 0.3 is 0 Å². The van der Waals surface area contributed by atoms with E-state index in [4.69, 9.17) is 0 Å². The molecule has 0 atom stereocenters. The first-order chi connectivity index (χ1) is 6.25. The van der Waals surface area contributed by atoms with Crippen molar-refractivity contribution in [2.75, 3.05) is 20.1 Å². The molecule has 1 aliphatic heterocycles. The van der Waals surface area contributed by atoms with Crippen molar-refractivity contribution in [3.63, 3.8) is 0 Å². The van der Waals surface area contributed by atoms with Gasteiger partial charge in [0.15, 0.2) is 0 Å². The van der Waals surface area contributed by atoms with E-state index in [1.54, 1.807) is 11.3 Å². The number of likely N-dealkylation sites (N-methyl/N-ethyl adjacent to an activating group) is 1. The Kier molecular flexibility index (Phi) is 4.79. The fourth-order valence-corrected chi connectivity index (χ4v) is 2.66. The Bertz CT molecular complexity index is 290. The van der Waals surface area contributed by atoms with Crippen molar-refractivity contribution in [1.29, 1.82) is 0 Å². The minimum Gasteiger partial charge on any atom is -0.314 e. The molecule has 2 rings (SSSR count). The summed E-state index contributed by atoms with van der Waals surface area (Å²) in [5, 5.41) is 4.45. The van der Waals surface area contributed by atoms with E-state index in [2.05, 4.69) is 38.2 Å². The average Bonchev–Trinajstić information content (AvgIpc) is 2.31. The van der Waals surface area contributed by atoms with Crippen LogP contribution in [0, 0.1) is 0 Å². The fourth-order valence-electron chi connectivity index (χ4n) is 1.29. The molecule has 14 heavy (non-hydrogen) atoms. The van der Waals surface area contributed by atoms with Gasteiger partial charge in [0.1, 0.15) is 5.01 Å². The van der Waals surface area contributed by atoms with Crippen molar-refractivity contribution < 1.29 is 0 Å². The second kappa shape index (κ2) is 5.42. The second-order valence-electron chi connectivity index (χ2n) is 3.29. The zero-order valence-corrected chi connectivity index (χ0v) is 11.1. The van der Waals surface area contributed by atoms with E-state index in [1.807, 2.05) is 6.20 Å². The summed E-state index contributed by atoms with van der Waals surface area (Å²) in [6, 6.07) is 0.697. The number of aromatic nitrogens is 1. The molecule has 80 valence electrons. The van der Waals surface area contributed by atoms with Gasteiger partial charge in [-0.05, 0) is 23.0 Å². The van der Waals surface area contributed by atoms with Gasteiger partial charge in [-0.2, -0.15) is 0 Å². The number of nitrogens with zero attached hydrogens (tertiary/aromatic N) is 2. The van der Waals surface area contributed by atoms with Gasteiger partial charge in [0.2, 0.25) is 0 Å². The maximum Gasteiger partial charge on any atom is 0.108 e. The van der Waals surface area contributed by atoms with Gasteiger partial charge in [-0.1, -0.05) is 0 Å². The van der Waals surface area contributed by atoms with Gasteiger partial charge in [-0.15, -0.1) is 23.7 Å². The molecular formula is C8H13BrClN3S. The minimum atomic E-state index is 0. The fraction of sp³-hybridized carbons (Fsp3) is 0.625. The van der Waals surface area contributed by atoms with Crippen LogP contribution in [0.25, 0.3) is 0 Å². The van der Waals surface area contributed by atoms with Crippen LogP contribution in [0.4, 0.5) is 0 Å². The predicted octanol–water partition coefficient (Wildman–Crippen LogP) is 1.73. The molecule has 3 nitrogen and oxygen atoms in total. The van der Waals surface area contributed by atoms with E-state index in [1.165, 1.54) is 5.01 Å². The highest BCUT2D eigenvalue weighted by molar-refractivity contribution is 9.11. The number of hydrogen-bond acceptors (Lipinski definition) is 4. The van der Waals surface area contributed by atoms with Gasteiger partial charge in [-0.25, -0.2) is 4.98 Å². The molecule has 0 aromatic carbocycles. The van der Waals surface area contributed by atoms with Crippen molar-refractivity contribution in [1.82, 2.24) is 15.2 Å². The number of nitrogens with one attached hydrogen (secondary N) is 1. The van der Waals surface area contributed by atoms with E-state index in [9.17, 15) is 0 Å². The van der Waals surface area contributed by atoms with E-state index >= 15 is 0 Å². The van der Waals surface area contributed by atoms with Crippen LogP contribution < -0.4 is 5.32 Å². The predicted molar refractivity (Wildman–Crippen MR) is 65.2 cm³/mol. The van der Waals surface area contributed by atoms with E-state index in [0.29, 0.717) is 6.04 Å². The maximum absolute atomic E-state index is 4.31. The highest BCUT2D eigenvalue weighted by Crippen LogP contribution is 2.20. The molecule has 1 aliphatic rings. The molecule has 0 amide bonds. The third kappa shape index (κ3) is 2.90. The first-order valence-corrected chi connectivity index (χ1v) is 5.88. The average molecular weight is 299 g/mol. The summed E-state index contributed by atoms with van der Waals surface area (Å²) in [6.07, 6.45) is 1.87. The van der Waals surface area contributed by atoms with Crippen LogP contribution in [-0.2, 0) is 6.54 Å². The third-order valence-corrected chi connectivity index (χ3v) is 3.75. The van der Waals surface area contributed by atoms with Crippen molar-refractivity contribution in [3.05, 3.63) is 15.0 Å². The van der Waals surface area contributed by atoms with Crippen molar-refractivity contribution >= 4 is 39.7 Å². The molecular weight excluding hydrogens is 286 g/mol. The summed E-state index contributed by atoms with van der Waals surface area (Å²) in [5.41, 5.74) is 0. The van der Waals surface area contributed by atoms with Crippen molar-refractivity contribution in [3.8, 4) is 0 Å². The molecule has 0 unspecified atom stereocenters. The Morgan fingerprint density at radius 1 is 1.71 bits per heavy atom. The second-order valence-corrected chi connectivity index (χ2v) is 5.78. The molecule has 1 aromatic rings. The molecule has 0 spiro atoms. The number of hydrogen-bond donors (Lipinski definition) is 1. The lowest BCUT2D eigenvalue weighted by Crippen LogP contribution is -2.55. The quantitative estimate of drug-likeness (QED) is 0.921. The minimum absolute atomic E-state index is 0. The summed E-state index contributed by atoms with van der Waals surface area (Å²) < 4.78 is 1.11. The molecule has 2 heterocycles. The molecule has 0 bridgehead atoms. The SMILES string of the molecule is CN(Cc1ncc(Br)s1)C1CNC1.Cl. The Morgan fingerprint density at radius 3 is 2.86 bits per heavy atom. The molecule has 1 fully saturated rings. The molecule has 0 radical (unpaired) electrons. The topological polar surface area (TPSA) is 28.2 Å². The largest absolute Gasteiger partial charge is 0.314 e. The third-order valence-electron chi connectivity index (χ3n) is 2.29. The smallest absolute Gasteiger partial charge is 0.108 e. The Balaban J connectivity index is 0.000000980. The summed E-state index contributed by atoms with van der Waals surface area (Å²) in [6.45, 7) is 3.19. The number of halogens is 2. The Hall–Kier alpha value is 0.320. The summed E-state index contributed by atoms with van der Waals surface area (Å²) in [4.78, 5) is 6.66. The number of thiazole rings is 1. The van der Waals surface area contributed by atoms with Crippen LogP contribution in [0.5, 0.6) is 0 Å². The van der Waals surface area contributed by atoms with Gasteiger partial charge in [0.05, 0.1) is 16.5 Å². The van der Waals surface area contributed by atoms with Gasteiger partial charge < -0.3 is 5.32 Å². The number of rotatable bonds is 3. The van der Waals surface area contributed by atoms with E-state index in [0.717, 1.165) is 23.4 Å². The zero-order chi connectivity index (χ0) is 9.26. The van der Waals surface area contributed by atoms with E-state index < -0.39 is 0 Å². The lowest BCUT2D eigenvalue weighted by molar-refractivity contribution is 0.173. The molecule has 6 heteroatoms. The van der Waals surface area contributed by atoms with E-state index in [-0.39, 0.29) is 12.4 Å². The van der Waals surface area contributed by atoms with Gasteiger partial charge in [0.25, 0.3) is 0 Å². The lowest BCUT2D eigenvalue weighted by Gasteiger charge is -2.35. The van der Waals surface area contributed by atoms with Crippen LogP contribution in [0.2, 0.25) is 0 Å². The van der Waals surface area contributed by atoms with Gasteiger partial charge in [-0.3, -0.25) is 4.90 Å². The van der Waals surface area contributed by atoms with Crippen LogP contribution in [0.15, 0.2) is 9.98 Å². The monoisotopic (exact) mass is 297 g/mol. The molecule has 0 saturated carbocycles. The first kappa shape index (κ1) is 12.4. The van der Waals surface area contributed by atoms with Crippen LogP contribution >= 0.6 is 39.7 Å². The summed E-state index contributed by atoms with van der Waals surface area (Å²) in [7, 11) is 2.15. The zero-order valence-electron chi connectivity index (χ0n) is 7.86. The normalized spacial score (nSPS) is 16.5. The highest BCUT2D eigenvalue weighted by Gasteiger charge is 2.21. The molecule has 1 saturated heterocycles. The maximum atomic E-state index is 4.31. The summed E-state index contributed by atoms with van der Waals surface area (Å²) in [5.74, 6) is 0. The standard InChI is InChI=1S/C8H12BrN3S.ClH/c1-12(6-2-10-3-6)5-8-11-4-7(9)13-8;/h4,6,10H,2-3,5H2,1H3;1H. The molecule has 0 aliphatic carbocycles. The van der Waals surface area contributed by atoms with Gasteiger partial charge in [0, 0.05) is 19.1 Å². The highest BCUT2D eigenvalue weighted by atomic mass is 79.9. The van der Waals surface area contributed by atoms with Crippen molar-refractivity contribution in [2.24, 2.45) is 0 Å². The Labute approximate surface area is 102 Å². The Morgan fingerprint density at radius 2 is 2.43 bits per heavy atom. The first-order valence-electron chi connectivity index (χ1n) is 4.27. The van der Waals surface area contributed by atoms with Crippen LogP contribution in [-0.4, -0.2) is 36.1 Å². The lowest BCUT2D eigenvalue weighted by atomic mass is 10.1. The molecule has 1 aromatic heterocycles. The van der Waals surface area contributed by atoms with Crippen LogP contribution in [0.3, 0.4) is 0 Å². The summed E-state index contributed by atoms with van der Waals surface area (Å²) >= 11 is 5.13.